The van der Waals surface area contributed by atoms with Gasteiger partial charge in [-0.25, -0.2) is 4.98 Å². The fourth-order valence-electron chi connectivity index (χ4n) is 1.28. The Morgan fingerprint density at radius 1 is 1.47 bits per heavy atom. The van der Waals surface area contributed by atoms with Gasteiger partial charge in [0.25, 0.3) is 0 Å². The Morgan fingerprint density at radius 3 is 2.76 bits per heavy atom. The second kappa shape index (κ2) is 5.33. The van der Waals surface area contributed by atoms with Crippen LogP contribution in [0, 0.1) is 6.92 Å². The maximum Gasteiger partial charge on any atom is 0.159 e. The van der Waals surface area contributed by atoms with Crippen molar-refractivity contribution in [3.05, 3.63) is 39.3 Å². The Morgan fingerprint density at radius 2 is 2.24 bits per heavy atom. The third kappa shape index (κ3) is 3.18. The van der Waals surface area contributed by atoms with Crippen LogP contribution in [-0.4, -0.2) is 10.8 Å². The van der Waals surface area contributed by atoms with Gasteiger partial charge in [-0.2, -0.15) is 0 Å². The molecule has 0 aliphatic carbocycles. The van der Waals surface area contributed by atoms with Crippen LogP contribution in [0.15, 0.2) is 37.3 Å². The van der Waals surface area contributed by atoms with Gasteiger partial charge in [-0.3, -0.25) is 4.79 Å². The van der Waals surface area contributed by atoms with E-state index in [9.17, 15) is 4.79 Å². The number of ketones is 1. The highest BCUT2D eigenvalue weighted by atomic mass is 79.9. The van der Waals surface area contributed by atoms with E-state index in [0.29, 0.717) is 0 Å². The number of thiazole rings is 1. The summed E-state index contributed by atoms with van der Waals surface area (Å²) in [6.07, 6.45) is 0. The first-order chi connectivity index (χ1) is 8.06. The zero-order valence-electron chi connectivity index (χ0n) is 9.36. The minimum Gasteiger partial charge on any atom is -0.295 e. The molecule has 0 bridgehead atoms. The number of carbonyl (C=O) groups excluding carboxylic acids is 1. The number of aromatic nitrogens is 1. The smallest absolute Gasteiger partial charge is 0.159 e. The average molecular weight is 328 g/mol. The lowest BCUT2D eigenvalue weighted by Gasteiger charge is -2.03. The number of Topliss-reactive ketones (excluding diaryl/α,β-unsaturated/α-hetero) is 1. The molecule has 0 radical (unpaired) electrons. The van der Waals surface area contributed by atoms with E-state index in [1.165, 1.54) is 0 Å². The molecule has 0 aliphatic rings. The summed E-state index contributed by atoms with van der Waals surface area (Å²) in [4.78, 5) is 16.7. The normalized spacial score (nSPS) is 10.5. The first kappa shape index (κ1) is 12.8. The van der Waals surface area contributed by atoms with Gasteiger partial charge >= 0.3 is 0 Å². The molecule has 0 saturated heterocycles. The summed E-state index contributed by atoms with van der Waals surface area (Å²) in [6.45, 7) is 3.55. The van der Waals surface area contributed by atoms with Crippen molar-refractivity contribution in [1.82, 2.24) is 4.98 Å². The predicted octanol–water partition coefficient (Wildman–Crippen LogP) is 4.57. The molecule has 2 nitrogen and oxygen atoms in total. The molecule has 1 aromatic carbocycles. The number of rotatable bonds is 3. The molecule has 88 valence electrons. The van der Waals surface area contributed by atoms with Crippen LogP contribution in [0.25, 0.3) is 0 Å². The van der Waals surface area contributed by atoms with E-state index < -0.39 is 0 Å². The van der Waals surface area contributed by atoms with Gasteiger partial charge in [0.1, 0.15) is 0 Å². The molecule has 17 heavy (non-hydrogen) atoms. The van der Waals surface area contributed by atoms with Crippen molar-refractivity contribution in [3.8, 4) is 0 Å². The predicted molar refractivity (Wildman–Crippen MR) is 75.1 cm³/mol. The van der Waals surface area contributed by atoms with Gasteiger partial charge in [-0.15, -0.1) is 11.3 Å². The minimum absolute atomic E-state index is 0.0762. The molecule has 0 fully saturated rings. The van der Waals surface area contributed by atoms with Crippen molar-refractivity contribution < 1.29 is 4.79 Å². The molecule has 0 amide bonds. The average Bonchev–Trinajstić information content (AvgIpc) is 2.67. The summed E-state index contributed by atoms with van der Waals surface area (Å²) in [5, 5.41) is 2.03. The topological polar surface area (TPSA) is 30.0 Å². The molecular weight excluding hydrogens is 318 g/mol. The fraction of sp³-hybridized carbons (Fsp3) is 0.167. The van der Waals surface area contributed by atoms with Crippen LogP contribution < -0.4 is 0 Å². The van der Waals surface area contributed by atoms with E-state index >= 15 is 0 Å². The van der Waals surface area contributed by atoms with Crippen LogP contribution in [0.1, 0.15) is 23.0 Å². The summed E-state index contributed by atoms with van der Waals surface area (Å²) >= 11 is 6.72. The SMILES string of the molecule is CC(=O)c1ccc(Sc2nc(C)cs2)c(Br)c1. The summed E-state index contributed by atoms with van der Waals surface area (Å²) < 4.78 is 1.95. The lowest BCUT2D eigenvalue weighted by Crippen LogP contribution is -1.91. The summed E-state index contributed by atoms with van der Waals surface area (Å²) in [7, 11) is 0. The van der Waals surface area contributed by atoms with E-state index in [-0.39, 0.29) is 5.78 Å². The Labute approximate surface area is 117 Å². The Hall–Kier alpha value is -0.650. The standard InChI is InChI=1S/C12H10BrNOS2/c1-7-6-16-12(14-7)17-11-4-3-9(8(2)15)5-10(11)13/h3-6H,1-2H3. The molecule has 0 spiro atoms. The maximum atomic E-state index is 11.2. The van der Waals surface area contributed by atoms with Crippen molar-refractivity contribution in [2.45, 2.75) is 23.1 Å². The quantitative estimate of drug-likeness (QED) is 0.773. The third-order valence-electron chi connectivity index (χ3n) is 2.13. The van der Waals surface area contributed by atoms with Crippen molar-refractivity contribution in [3.63, 3.8) is 0 Å². The Kier molecular flexibility index (Phi) is 4.01. The first-order valence-corrected chi connectivity index (χ1v) is 7.45. The molecule has 0 saturated carbocycles. The van der Waals surface area contributed by atoms with Crippen LogP contribution in [0.3, 0.4) is 0 Å². The molecule has 2 aromatic rings. The number of hydrogen-bond acceptors (Lipinski definition) is 4. The second-order valence-electron chi connectivity index (χ2n) is 3.56. The van der Waals surface area contributed by atoms with Crippen LogP contribution in [-0.2, 0) is 0 Å². The number of benzene rings is 1. The summed E-state index contributed by atoms with van der Waals surface area (Å²) in [5.74, 6) is 0.0762. The van der Waals surface area contributed by atoms with Crippen LogP contribution >= 0.6 is 39.0 Å². The summed E-state index contributed by atoms with van der Waals surface area (Å²) in [5.41, 5.74) is 1.76. The minimum atomic E-state index is 0.0762. The van der Waals surface area contributed by atoms with Gasteiger partial charge in [0, 0.05) is 26.0 Å². The van der Waals surface area contributed by atoms with Crippen molar-refractivity contribution >= 4 is 44.8 Å². The molecule has 0 atom stereocenters. The van der Waals surface area contributed by atoms with Gasteiger partial charge in [0.05, 0.1) is 0 Å². The summed E-state index contributed by atoms with van der Waals surface area (Å²) in [6, 6.07) is 5.64. The van der Waals surface area contributed by atoms with E-state index in [1.54, 1.807) is 30.0 Å². The molecule has 2 rings (SSSR count). The lowest BCUT2D eigenvalue weighted by molar-refractivity contribution is 0.101. The number of halogens is 1. The van der Waals surface area contributed by atoms with E-state index in [1.807, 2.05) is 30.5 Å². The highest BCUT2D eigenvalue weighted by molar-refractivity contribution is 9.10. The van der Waals surface area contributed by atoms with Crippen molar-refractivity contribution in [2.24, 2.45) is 0 Å². The number of carbonyl (C=O) groups is 1. The zero-order valence-corrected chi connectivity index (χ0v) is 12.6. The monoisotopic (exact) mass is 327 g/mol. The molecular formula is C12H10BrNOS2. The highest BCUT2D eigenvalue weighted by Gasteiger charge is 2.08. The number of hydrogen-bond donors (Lipinski definition) is 0. The molecule has 5 heteroatoms. The fourth-order valence-corrected chi connectivity index (χ4v) is 3.69. The zero-order chi connectivity index (χ0) is 12.4. The van der Waals surface area contributed by atoms with E-state index in [4.69, 9.17) is 0 Å². The maximum absolute atomic E-state index is 11.2. The van der Waals surface area contributed by atoms with E-state index in [0.717, 1.165) is 25.0 Å². The van der Waals surface area contributed by atoms with Crippen molar-refractivity contribution in [1.29, 1.82) is 0 Å². The largest absolute Gasteiger partial charge is 0.295 e. The second-order valence-corrected chi connectivity index (χ2v) is 6.56. The van der Waals surface area contributed by atoms with Crippen LogP contribution in [0.5, 0.6) is 0 Å². The van der Waals surface area contributed by atoms with Gasteiger partial charge in [-0.05, 0) is 41.9 Å². The molecule has 0 unspecified atom stereocenters. The molecule has 1 aromatic heterocycles. The Balaban J connectivity index is 2.25. The van der Waals surface area contributed by atoms with Crippen molar-refractivity contribution in [2.75, 3.05) is 0 Å². The van der Waals surface area contributed by atoms with Gasteiger partial charge < -0.3 is 0 Å². The molecule has 1 heterocycles. The number of nitrogens with zero attached hydrogens (tertiary/aromatic N) is 1. The van der Waals surface area contributed by atoms with Crippen LogP contribution in [0.4, 0.5) is 0 Å². The number of aryl methyl sites for hydroxylation is 1. The molecule has 0 aliphatic heterocycles. The molecule has 0 N–H and O–H groups in total. The third-order valence-corrected chi connectivity index (χ3v) is 5.18. The van der Waals surface area contributed by atoms with Gasteiger partial charge in [-0.1, -0.05) is 17.8 Å². The highest BCUT2D eigenvalue weighted by Crippen LogP contribution is 2.35. The Bertz CT molecular complexity index is 565. The lowest BCUT2D eigenvalue weighted by atomic mass is 10.2. The van der Waals surface area contributed by atoms with Gasteiger partial charge in [0.2, 0.25) is 0 Å². The first-order valence-electron chi connectivity index (χ1n) is 4.97. The van der Waals surface area contributed by atoms with Crippen LogP contribution in [0.2, 0.25) is 0 Å². The van der Waals surface area contributed by atoms with E-state index in [2.05, 4.69) is 20.9 Å². The van der Waals surface area contributed by atoms with Gasteiger partial charge in [0.15, 0.2) is 10.1 Å².